The molecular weight excluding hydrogens is 466 g/mol. The first-order valence-corrected chi connectivity index (χ1v) is 11.7. The van der Waals surface area contributed by atoms with E-state index in [0.717, 1.165) is 27.2 Å². The molecule has 6 nitrogen and oxygen atoms in total. The molecule has 7 rings (SSSR count). The Morgan fingerprint density at radius 3 is 2.09 bits per heavy atom. The number of methoxy groups -OCH3 is 1. The number of anilines is 1. The van der Waals surface area contributed by atoms with Crippen LogP contribution >= 0.6 is 11.6 Å². The normalized spacial score (nSPS) is 25.7. The highest BCUT2D eigenvalue weighted by atomic mass is 35.5. The Balaban J connectivity index is 1.61. The summed E-state index contributed by atoms with van der Waals surface area (Å²) in [5.74, 6) is -3.69. The van der Waals surface area contributed by atoms with E-state index in [2.05, 4.69) is 0 Å². The number of Topliss-reactive ketones (excluding diaryl/α,β-unsaturated/α-hetero) is 1. The number of benzene rings is 3. The standard InChI is InChI=1S/C28H20ClNO5/c1-14(31)28-19-9-5-3-7-16(19)22(17-8-4-6-10-20(17)28)23-24(28)26(33)30(25(23)32)15-11-12-21(29)18(13-15)27(34)35-2/h3-13,22-24H,1-2H3. The summed E-state index contributed by atoms with van der Waals surface area (Å²) in [4.78, 5) is 55.1. The molecule has 1 fully saturated rings. The molecule has 2 bridgehead atoms. The Bertz CT molecular complexity index is 1430. The number of hydrogen-bond donors (Lipinski definition) is 0. The molecule has 3 aromatic carbocycles. The molecule has 2 amide bonds. The fourth-order valence-corrected chi connectivity index (χ4v) is 6.74. The number of nitrogens with zero attached hydrogens (tertiary/aromatic N) is 1. The maximum atomic E-state index is 14.1. The van der Waals surface area contributed by atoms with Crippen molar-refractivity contribution >= 4 is 40.9 Å². The number of hydrogen-bond acceptors (Lipinski definition) is 5. The van der Waals surface area contributed by atoms with Gasteiger partial charge < -0.3 is 4.74 Å². The summed E-state index contributed by atoms with van der Waals surface area (Å²) in [6, 6.07) is 19.6. The molecule has 174 valence electrons. The molecule has 0 spiro atoms. The maximum absolute atomic E-state index is 14.1. The topological polar surface area (TPSA) is 80.8 Å². The fraction of sp³-hybridized carbons (Fsp3) is 0.214. The summed E-state index contributed by atoms with van der Waals surface area (Å²) < 4.78 is 4.80. The van der Waals surface area contributed by atoms with Crippen molar-refractivity contribution in [2.45, 2.75) is 18.3 Å². The second-order valence-corrected chi connectivity index (χ2v) is 9.59. The minimum atomic E-state index is -1.27. The number of ketones is 1. The van der Waals surface area contributed by atoms with Crippen LogP contribution in [0, 0.1) is 11.8 Å². The van der Waals surface area contributed by atoms with Crippen molar-refractivity contribution in [2.24, 2.45) is 11.8 Å². The molecule has 2 unspecified atom stereocenters. The minimum Gasteiger partial charge on any atom is -0.465 e. The van der Waals surface area contributed by atoms with E-state index >= 15 is 0 Å². The number of esters is 1. The van der Waals surface area contributed by atoms with Gasteiger partial charge in [0.2, 0.25) is 11.8 Å². The van der Waals surface area contributed by atoms with Crippen molar-refractivity contribution in [3.05, 3.63) is 99.6 Å². The van der Waals surface area contributed by atoms with Gasteiger partial charge in [-0.15, -0.1) is 0 Å². The Kier molecular flexibility index (Phi) is 4.57. The molecule has 3 aliphatic carbocycles. The Morgan fingerprint density at radius 2 is 1.51 bits per heavy atom. The van der Waals surface area contributed by atoms with Gasteiger partial charge in [-0.1, -0.05) is 60.1 Å². The van der Waals surface area contributed by atoms with Gasteiger partial charge in [0.15, 0.2) is 0 Å². The zero-order chi connectivity index (χ0) is 24.6. The summed E-state index contributed by atoms with van der Waals surface area (Å²) >= 11 is 6.18. The van der Waals surface area contributed by atoms with Gasteiger partial charge in [-0.2, -0.15) is 0 Å². The van der Waals surface area contributed by atoms with Gasteiger partial charge in [-0.25, -0.2) is 9.69 Å². The van der Waals surface area contributed by atoms with Crippen molar-refractivity contribution in [3.8, 4) is 0 Å². The molecule has 0 aromatic heterocycles. The molecule has 7 heteroatoms. The van der Waals surface area contributed by atoms with Crippen LogP contribution in [0.1, 0.15) is 45.5 Å². The lowest BCUT2D eigenvalue weighted by molar-refractivity contribution is -0.132. The third-order valence-corrected chi connectivity index (χ3v) is 8.12. The van der Waals surface area contributed by atoms with E-state index in [1.807, 2.05) is 48.5 Å². The molecule has 1 saturated heterocycles. The van der Waals surface area contributed by atoms with Crippen molar-refractivity contribution in [3.63, 3.8) is 0 Å². The van der Waals surface area contributed by atoms with Gasteiger partial charge in [0.1, 0.15) is 5.78 Å². The number of carbonyl (C=O) groups is 4. The zero-order valence-electron chi connectivity index (χ0n) is 18.9. The summed E-state index contributed by atoms with van der Waals surface area (Å²) in [5, 5.41) is 0.150. The Hall–Kier alpha value is -3.77. The van der Waals surface area contributed by atoms with Crippen LogP contribution in [0.25, 0.3) is 0 Å². The highest BCUT2D eigenvalue weighted by molar-refractivity contribution is 6.34. The lowest BCUT2D eigenvalue weighted by atomic mass is 9.46. The van der Waals surface area contributed by atoms with Crippen molar-refractivity contribution in [1.29, 1.82) is 0 Å². The molecule has 3 aromatic rings. The second-order valence-electron chi connectivity index (χ2n) is 9.19. The van der Waals surface area contributed by atoms with E-state index in [-0.39, 0.29) is 28.0 Å². The predicted octanol–water partition coefficient (Wildman–Crippen LogP) is 4.27. The van der Waals surface area contributed by atoms with Crippen molar-refractivity contribution < 1.29 is 23.9 Å². The van der Waals surface area contributed by atoms with Crippen molar-refractivity contribution in [2.75, 3.05) is 12.0 Å². The molecule has 35 heavy (non-hydrogen) atoms. The van der Waals surface area contributed by atoms with E-state index < -0.39 is 35.0 Å². The third kappa shape index (κ3) is 2.55. The zero-order valence-corrected chi connectivity index (χ0v) is 19.7. The largest absolute Gasteiger partial charge is 0.465 e. The highest BCUT2D eigenvalue weighted by Crippen LogP contribution is 2.64. The second kappa shape index (κ2) is 7.36. The van der Waals surface area contributed by atoms with E-state index in [1.165, 1.54) is 32.2 Å². The number of carbonyl (C=O) groups excluding carboxylic acids is 4. The average Bonchev–Trinajstić information content (AvgIpc) is 3.14. The SMILES string of the molecule is COC(=O)c1cc(N2C(=O)C3C4c5ccccc5C(C(C)=O)(c5ccccc54)C3C2=O)ccc1Cl. The number of amides is 2. The summed E-state index contributed by atoms with van der Waals surface area (Å²) in [5.41, 5.74) is 2.38. The first-order chi connectivity index (χ1) is 16.8. The molecule has 0 N–H and O–H groups in total. The predicted molar refractivity (Wildman–Crippen MR) is 128 cm³/mol. The Labute approximate surface area is 206 Å². The van der Waals surface area contributed by atoms with Crippen LogP contribution in [-0.2, 0) is 24.5 Å². The van der Waals surface area contributed by atoms with Gasteiger partial charge in [0.25, 0.3) is 0 Å². The monoisotopic (exact) mass is 485 g/mol. The van der Waals surface area contributed by atoms with Crippen LogP contribution in [0.5, 0.6) is 0 Å². The number of imide groups is 1. The highest BCUT2D eigenvalue weighted by Gasteiger charge is 2.70. The van der Waals surface area contributed by atoms with E-state index in [0.29, 0.717) is 0 Å². The number of halogens is 1. The molecular formula is C28H20ClNO5. The van der Waals surface area contributed by atoms with Crippen LogP contribution in [0.3, 0.4) is 0 Å². The average molecular weight is 486 g/mol. The molecule has 1 aliphatic heterocycles. The van der Waals surface area contributed by atoms with Crippen LogP contribution in [0.15, 0.2) is 66.7 Å². The van der Waals surface area contributed by atoms with E-state index in [4.69, 9.17) is 16.3 Å². The lowest BCUT2D eigenvalue weighted by Gasteiger charge is -2.52. The molecule has 2 atom stereocenters. The van der Waals surface area contributed by atoms with Gasteiger partial charge in [0, 0.05) is 5.92 Å². The summed E-state index contributed by atoms with van der Waals surface area (Å²) in [7, 11) is 1.23. The quantitative estimate of drug-likeness (QED) is 0.409. The first-order valence-electron chi connectivity index (χ1n) is 11.3. The summed E-state index contributed by atoms with van der Waals surface area (Å²) in [6.45, 7) is 1.49. The maximum Gasteiger partial charge on any atom is 0.339 e. The van der Waals surface area contributed by atoms with Gasteiger partial charge in [-0.05, 0) is 47.4 Å². The van der Waals surface area contributed by atoms with Gasteiger partial charge in [0.05, 0.1) is 40.6 Å². The molecule has 1 heterocycles. The van der Waals surface area contributed by atoms with Gasteiger partial charge in [-0.3, -0.25) is 14.4 Å². The van der Waals surface area contributed by atoms with E-state index in [1.54, 1.807) is 0 Å². The number of rotatable bonds is 3. The van der Waals surface area contributed by atoms with Crippen LogP contribution in [0.4, 0.5) is 5.69 Å². The van der Waals surface area contributed by atoms with Crippen LogP contribution in [0.2, 0.25) is 5.02 Å². The third-order valence-electron chi connectivity index (χ3n) is 7.79. The van der Waals surface area contributed by atoms with Crippen molar-refractivity contribution in [1.82, 2.24) is 0 Å². The molecule has 0 radical (unpaired) electrons. The first kappa shape index (κ1) is 21.7. The summed E-state index contributed by atoms with van der Waals surface area (Å²) in [6.07, 6.45) is 0. The smallest absolute Gasteiger partial charge is 0.339 e. The minimum absolute atomic E-state index is 0.0537. The lowest BCUT2D eigenvalue weighted by Crippen LogP contribution is -2.57. The van der Waals surface area contributed by atoms with Crippen LogP contribution in [-0.4, -0.2) is 30.7 Å². The van der Waals surface area contributed by atoms with Gasteiger partial charge >= 0.3 is 5.97 Å². The molecule has 0 saturated carbocycles. The fourth-order valence-electron chi connectivity index (χ4n) is 6.54. The Morgan fingerprint density at radius 1 is 0.914 bits per heavy atom. The number of ether oxygens (including phenoxy) is 1. The molecule has 4 aliphatic rings. The van der Waals surface area contributed by atoms with E-state index in [9.17, 15) is 19.2 Å². The van der Waals surface area contributed by atoms with Crippen LogP contribution < -0.4 is 4.90 Å².